The van der Waals surface area contributed by atoms with Gasteiger partial charge in [-0.3, -0.25) is 0 Å². The third-order valence-electron chi connectivity index (χ3n) is 3.09. The van der Waals surface area contributed by atoms with E-state index in [0.717, 1.165) is 12.0 Å². The smallest absolute Gasteiger partial charge is 0.132 e. The fraction of sp³-hybridized carbons (Fsp3) is 0.250. The fourth-order valence-corrected chi connectivity index (χ4v) is 2.23. The molecule has 2 rings (SSSR count). The summed E-state index contributed by atoms with van der Waals surface area (Å²) in [6, 6.07) is 9.51. The van der Waals surface area contributed by atoms with E-state index in [-0.39, 0.29) is 11.9 Å². The Morgan fingerprint density at radius 1 is 1.25 bits per heavy atom. The highest BCUT2D eigenvalue weighted by atomic mass is 35.5. The van der Waals surface area contributed by atoms with Gasteiger partial charge in [0.25, 0.3) is 0 Å². The van der Waals surface area contributed by atoms with Crippen LogP contribution in [0.3, 0.4) is 0 Å². The van der Waals surface area contributed by atoms with Crippen LogP contribution in [0, 0.1) is 5.82 Å². The predicted molar refractivity (Wildman–Crippen MR) is 79.9 cm³/mol. The van der Waals surface area contributed by atoms with Crippen molar-refractivity contribution in [2.24, 2.45) is 5.73 Å². The van der Waals surface area contributed by atoms with Crippen molar-refractivity contribution < 1.29 is 9.13 Å². The van der Waals surface area contributed by atoms with Gasteiger partial charge in [-0.2, -0.15) is 0 Å². The van der Waals surface area contributed by atoms with Crippen LogP contribution in [0.2, 0.25) is 5.02 Å². The number of hydrogen-bond donors (Lipinski definition) is 1. The number of aryl methyl sites for hydroxylation is 1. The highest BCUT2D eigenvalue weighted by Gasteiger charge is 2.11. The Hall–Kier alpha value is -1.58. The molecule has 2 aromatic rings. The van der Waals surface area contributed by atoms with E-state index >= 15 is 0 Å². The maximum atomic E-state index is 13.3. The SMILES string of the molecule is CCc1cc(Oc2ccc(F)cc2[C@@H](C)N)ccc1Cl. The van der Waals surface area contributed by atoms with Crippen molar-refractivity contribution in [2.45, 2.75) is 26.3 Å². The van der Waals surface area contributed by atoms with Gasteiger partial charge in [0.15, 0.2) is 0 Å². The average molecular weight is 294 g/mol. The molecule has 20 heavy (non-hydrogen) atoms. The lowest BCUT2D eigenvalue weighted by molar-refractivity contribution is 0.468. The lowest BCUT2D eigenvalue weighted by Gasteiger charge is -2.14. The van der Waals surface area contributed by atoms with Gasteiger partial charge in [-0.05, 0) is 55.3 Å². The standard InChI is InChI=1S/C16H17ClFNO/c1-3-11-8-13(5-6-15(11)17)20-16-7-4-12(18)9-14(16)10(2)19/h4-10H,3,19H2,1-2H3/t10-/m1/s1. The van der Waals surface area contributed by atoms with Crippen LogP contribution < -0.4 is 10.5 Å². The van der Waals surface area contributed by atoms with Crippen LogP contribution >= 0.6 is 11.6 Å². The van der Waals surface area contributed by atoms with Crippen LogP contribution in [-0.4, -0.2) is 0 Å². The van der Waals surface area contributed by atoms with E-state index in [2.05, 4.69) is 0 Å². The summed E-state index contributed by atoms with van der Waals surface area (Å²) in [7, 11) is 0. The Morgan fingerprint density at radius 3 is 2.65 bits per heavy atom. The van der Waals surface area contributed by atoms with Crippen molar-refractivity contribution in [1.82, 2.24) is 0 Å². The van der Waals surface area contributed by atoms with Gasteiger partial charge in [-0.1, -0.05) is 18.5 Å². The second kappa shape index (κ2) is 6.25. The molecule has 0 aliphatic heterocycles. The molecule has 0 bridgehead atoms. The molecule has 0 heterocycles. The molecule has 0 amide bonds. The zero-order valence-corrected chi connectivity index (χ0v) is 12.2. The maximum Gasteiger partial charge on any atom is 0.132 e. The number of benzene rings is 2. The summed E-state index contributed by atoms with van der Waals surface area (Å²) in [6.45, 7) is 3.82. The number of rotatable bonds is 4. The molecule has 0 aromatic heterocycles. The van der Waals surface area contributed by atoms with Crippen LogP contribution in [0.4, 0.5) is 4.39 Å². The van der Waals surface area contributed by atoms with Crippen LogP contribution in [0.5, 0.6) is 11.5 Å². The van der Waals surface area contributed by atoms with Crippen molar-refractivity contribution in [3.05, 3.63) is 58.4 Å². The van der Waals surface area contributed by atoms with E-state index < -0.39 is 0 Å². The minimum atomic E-state index is -0.324. The minimum absolute atomic E-state index is 0.307. The first-order valence-corrected chi connectivity index (χ1v) is 6.90. The molecule has 0 aliphatic carbocycles. The third kappa shape index (κ3) is 3.30. The summed E-state index contributed by atoms with van der Waals surface area (Å²) in [6.07, 6.45) is 0.819. The molecule has 0 aliphatic rings. The van der Waals surface area contributed by atoms with Crippen molar-refractivity contribution in [3.63, 3.8) is 0 Å². The predicted octanol–water partition coefficient (Wildman–Crippen LogP) is 4.85. The second-order valence-corrected chi connectivity index (χ2v) is 5.09. The maximum absolute atomic E-state index is 13.3. The number of ether oxygens (including phenoxy) is 1. The summed E-state index contributed by atoms with van der Waals surface area (Å²) in [5.41, 5.74) is 7.49. The highest BCUT2D eigenvalue weighted by Crippen LogP contribution is 2.31. The second-order valence-electron chi connectivity index (χ2n) is 4.68. The van der Waals surface area contributed by atoms with Crippen molar-refractivity contribution in [1.29, 1.82) is 0 Å². The zero-order chi connectivity index (χ0) is 14.7. The highest BCUT2D eigenvalue weighted by molar-refractivity contribution is 6.31. The summed E-state index contributed by atoms with van der Waals surface area (Å²) in [5, 5.41) is 0.714. The summed E-state index contributed by atoms with van der Waals surface area (Å²) in [4.78, 5) is 0. The Bertz CT molecular complexity index is 613. The van der Waals surface area contributed by atoms with Gasteiger partial charge in [0.1, 0.15) is 17.3 Å². The lowest BCUT2D eigenvalue weighted by atomic mass is 10.1. The Labute approximate surface area is 123 Å². The number of hydrogen-bond acceptors (Lipinski definition) is 2. The molecule has 0 spiro atoms. The van der Waals surface area contributed by atoms with E-state index in [1.54, 1.807) is 25.1 Å². The van der Waals surface area contributed by atoms with Gasteiger partial charge in [0, 0.05) is 16.6 Å². The van der Waals surface area contributed by atoms with Gasteiger partial charge in [0.2, 0.25) is 0 Å². The average Bonchev–Trinajstić information content (AvgIpc) is 2.42. The van der Waals surface area contributed by atoms with Crippen molar-refractivity contribution >= 4 is 11.6 Å². The molecule has 2 N–H and O–H groups in total. The van der Waals surface area contributed by atoms with Crippen LogP contribution in [0.25, 0.3) is 0 Å². The van der Waals surface area contributed by atoms with Crippen molar-refractivity contribution in [2.75, 3.05) is 0 Å². The molecule has 0 saturated heterocycles. The van der Waals surface area contributed by atoms with E-state index in [1.165, 1.54) is 12.1 Å². The summed E-state index contributed by atoms with van der Waals surface area (Å²) >= 11 is 6.08. The minimum Gasteiger partial charge on any atom is -0.457 e. The van der Waals surface area contributed by atoms with Gasteiger partial charge in [-0.25, -0.2) is 4.39 Å². The number of nitrogens with two attached hydrogens (primary N) is 1. The first-order chi connectivity index (χ1) is 9.51. The van der Waals surface area contributed by atoms with E-state index in [9.17, 15) is 4.39 Å². The molecule has 0 fully saturated rings. The first-order valence-electron chi connectivity index (χ1n) is 6.52. The van der Waals surface area contributed by atoms with Gasteiger partial charge in [0.05, 0.1) is 0 Å². The molecule has 2 aromatic carbocycles. The third-order valence-corrected chi connectivity index (χ3v) is 3.46. The molecule has 0 radical (unpaired) electrons. The molecule has 4 heteroatoms. The summed E-state index contributed by atoms with van der Waals surface area (Å²) < 4.78 is 19.1. The van der Waals surface area contributed by atoms with E-state index in [1.807, 2.05) is 13.0 Å². The normalized spacial score (nSPS) is 12.2. The molecule has 0 saturated carbocycles. The largest absolute Gasteiger partial charge is 0.457 e. The molecule has 0 unspecified atom stereocenters. The Kier molecular flexibility index (Phi) is 4.63. The van der Waals surface area contributed by atoms with Crippen molar-refractivity contribution in [3.8, 4) is 11.5 Å². The van der Waals surface area contributed by atoms with E-state index in [0.29, 0.717) is 22.1 Å². The van der Waals surface area contributed by atoms with Gasteiger partial charge < -0.3 is 10.5 Å². The lowest BCUT2D eigenvalue weighted by Crippen LogP contribution is -2.07. The molecule has 106 valence electrons. The quantitative estimate of drug-likeness (QED) is 0.874. The molecule has 2 nitrogen and oxygen atoms in total. The summed E-state index contributed by atoms with van der Waals surface area (Å²) in [5.74, 6) is 0.903. The zero-order valence-electron chi connectivity index (χ0n) is 11.5. The van der Waals surface area contributed by atoms with E-state index in [4.69, 9.17) is 22.1 Å². The monoisotopic (exact) mass is 293 g/mol. The molecular weight excluding hydrogens is 277 g/mol. The van der Waals surface area contributed by atoms with Crippen LogP contribution in [-0.2, 0) is 6.42 Å². The molecule has 1 atom stereocenters. The topological polar surface area (TPSA) is 35.2 Å². The van der Waals surface area contributed by atoms with Crippen LogP contribution in [0.15, 0.2) is 36.4 Å². The Balaban J connectivity index is 2.34. The molecular formula is C16H17ClFNO. The first kappa shape index (κ1) is 14.8. The number of halogens is 2. The van der Waals surface area contributed by atoms with Gasteiger partial charge in [-0.15, -0.1) is 0 Å². The fourth-order valence-electron chi connectivity index (χ4n) is 1.98. The Morgan fingerprint density at radius 2 is 2.00 bits per heavy atom. The van der Waals surface area contributed by atoms with Crippen LogP contribution in [0.1, 0.15) is 31.0 Å². The van der Waals surface area contributed by atoms with Gasteiger partial charge >= 0.3 is 0 Å².